The molecule has 0 radical (unpaired) electrons. The average Bonchev–Trinajstić information content (AvgIpc) is 3.39. The van der Waals surface area contributed by atoms with Crippen molar-refractivity contribution >= 4 is 37.5 Å². The Kier molecular flexibility index (Phi) is 8.40. The molecule has 3 saturated carbocycles. The second kappa shape index (κ2) is 11.1. The number of carbonyl (C=O) groups excluding carboxylic acids is 1. The Labute approximate surface area is 241 Å². The lowest BCUT2D eigenvalue weighted by Crippen LogP contribution is -2.76. The Balaban J connectivity index is 0.000000189. The first kappa shape index (κ1) is 31.1. The summed E-state index contributed by atoms with van der Waals surface area (Å²) in [6, 6.07) is 6.07. The summed E-state index contributed by atoms with van der Waals surface area (Å²) in [5.74, 6) is 0.569. The number of ketones is 1. The molecule has 13 heteroatoms. The molecule has 0 saturated heterocycles. The van der Waals surface area contributed by atoms with Gasteiger partial charge in [-0.05, 0) is 80.5 Å². The molecule has 11 nitrogen and oxygen atoms in total. The second-order valence-corrected chi connectivity index (χ2v) is 15.2. The number of carbonyl (C=O) groups is 1. The first-order valence-corrected chi connectivity index (χ1v) is 16.4. The highest BCUT2D eigenvalue weighted by molar-refractivity contribution is 7.92. The van der Waals surface area contributed by atoms with Crippen LogP contribution in [0.1, 0.15) is 66.4 Å². The molecule has 2 aliphatic heterocycles. The minimum atomic E-state index is -3.78. The molecule has 2 atom stereocenters. The first-order chi connectivity index (χ1) is 19.1. The van der Waals surface area contributed by atoms with Gasteiger partial charge in [0.05, 0.1) is 18.0 Å². The zero-order valence-electron chi connectivity index (χ0n) is 24.2. The minimum Gasteiger partial charge on any atom is -0.297 e. The number of nitrogens with zero attached hydrogens (tertiary/aromatic N) is 2. The standard InChI is InChI=1S/C15H22N2O3S.C13H16N2O4S/c1-9-8-16-13(10(9)2)17-21(19,20)15-7-5-6-11(12(15)18)14(15,3)4;1-9-7-14-13(10(9)2)15-20(17,18)12-5-3-11(4-6-12)8-19-16/h11H,5-8H2,1-4H3,(H,16,17);3-6,16H,7-8H2,1-2H3,(H,14,15). The van der Waals surface area contributed by atoms with E-state index in [2.05, 4.69) is 24.3 Å². The van der Waals surface area contributed by atoms with Crippen LogP contribution in [0.5, 0.6) is 0 Å². The summed E-state index contributed by atoms with van der Waals surface area (Å²) in [5.41, 5.74) is 4.02. The van der Waals surface area contributed by atoms with Crippen LogP contribution in [0.4, 0.5) is 0 Å². The van der Waals surface area contributed by atoms with Gasteiger partial charge in [-0.2, -0.15) is 0 Å². The van der Waals surface area contributed by atoms with E-state index in [1.807, 2.05) is 41.5 Å². The first-order valence-electron chi connectivity index (χ1n) is 13.5. The zero-order valence-corrected chi connectivity index (χ0v) is 25.9. The molecule has 6 rings (SSSR count). The number of Topliss-reactive ketones (excluding diaryl/α,β-unsaturated/α-hetero) is 1. The van der Waals surface area contributed by atoms with Crippen molar-refractivity contribution in [2.75, 3.05) is 13.1 Å². The Bertz CT molecular complexity index is 1590. The van der Waals surface area contributed by atoms with Crippen LogP contribution in [0, 0.1) is 11.3 Å². The van der Waals surface area contributed by atoms with Crippen molar-refractivity contribution in [2.45, 2.75) is 77.1 Å². The van der Waals surface area contributed by atoms with E-state index in [-0.39, 0.29) is 23.2 Å². The highest BCUT2D eigenvalue weighted by Gasteiger charge is 2.75. The molecule has 3 aliphatic carbocycles. The van der Waals surface area contributed by atoms with E-state index in [9.17, 15) is 21.6 Å². The molecular weight excluding hydrogens is 568 g/mol. The predicted octanol–water partition coefficient (Wildman–Crippen LogP) is 3.51. The topological polar surface area (TPSA) is 164 Å². The van der Waals surface area contributed by atoms with E-state index in [0.29, 0.717) is 36.7 Å². The summed E-state index contributed by atoms with van der Waals surface area (Å²) in [6.07, 6.45) is 2.02. The molecule has 5 aliphatic rings. The molecule has 1 aromatic rings. The molecule has 0 spiro atoms. The lowest BCUT2D eigenvalue weighted by molar-refractivity contribution is -0.253. The van der Waals surface area contributed by atoms with Gasteiger partial charge in [0.15, 0.2) is 10.5 Å². The van der Waals surface area contributed by atoms with Gasteiger partial charge in [-0.15, -0.1) is 0 Å². The van der Waals surface area contributed by atoms with Crippen LogP contribution in [-0.2, 0) is 36.3 Å². The maximum absolute atomic E-state index is 12.9. The van der Waals surface area contributed by atoms with E-state index >= 15 is 0 Å². The number of aliphatic imine (C=N–C) groups is 2. The van der Waals surface area contributed by atoms with Crippen LogP contribution < -0.4 is 9.44 Å². The Morgan fingerprint density at radius 1 is 0.927 bits per heavy atom. The summed E-state index contributed by atoms with van der Waals surface area (Å²) < 4.78 is 54.1. The van der Waals surface area contributed by atoms with Crippen molar-refractivity contribution in [1.29, 1.82) is 0 Å². The molecule has 224 valence electrons. The second-order valence-electron chi connectivity index (χ2n) is 11.6. The number of rotatable bonds is 6. The maximum Gasteiger partial charge on any atom is 0.263 e. The molecule has 1 aromatic carbocycles. The van der Waals surface area contributed by atoms with Gasteiger partial charge in [-0.3, -0.25) is 29.5 Å². The third-order valence-corrected chi connectivity index (χ3v) is 12.6. The summed E-state index contributed by atoms with van der Waals surface area (Å²) in [6.45, 7) is 12.4. The van der Waals surface area contributed by atoms with Gasteiger partial charge >= 0.3 is 0 Å². The predicted molar refractivity (Wildman–Crippen MR) is 156 cm³/mol. The summed E-state index contributed by atoms with van der Waals surface area (Å²) in [5, 5.41) is 8.34. The molecular formula is C28H38N4O7S2. The Morgan fingerprint density at radius 3 is 1.90 bits per heavy atom. The van der Waals surface area contributed by atoms with Crippen LogP contribution in [0.25, 0.3) is 0 Å². The number of amidine groups is 2. The maximum atomic E-state index is 12.9. The molecule has 3 fully saturated rings. The molecule has 2 heterocycles. The summed E-state index contributed by atoms with van der Waals surface area (Å²) in [4.78, 5) is 25.0. The highest BCUT2D eigenvalue weighted by Crippen LogP contribution is 2.62. The third kappa shape index (κ3) is 5.28. The van der Waals surface area contributed by atoms with Crippen molar-refractivity contribution in [3.8, 4) is 0 Å². The number of benzene rings is 1. The van der Waals surface area contributed by atoms with Crippen LogP contribution in [-0.4, -0.2) is 57.4 Å². The fraction of sp³-hybridized carbons (Fsp3) is 0.536. The van der Waals surface area contributed by atoms with E-state index in [1.165, 1.54) is 12.1 Å². The van der Waals surface area contributed by atoms with Crippen molar-refractivity contribution in [3.63, 3.8) is 0 Å². The van der Waals surface area contributed by atoms with E-state index in [0.717, 1.165) is 35.1 Å². The SMILES string of the molecule is CC1=C(C)C(NS(=O)(=O)C23CCCC(C2=O)C3(C)C)=NC1.CC1=C(C)C(NS(=O)(=O)c2ccc(COO)cc2)=NC1. The number of fused-ring (bicyclic) bond motifs is 2. The van der Waals surface area contributed by atoms with Gasteiger partial charge in [0.1, 0.15) is 18.3 Å². The normalized spacial score (nSPS) is 25.2. The monoisotopic (exact) mass is 606 g/mol. The lowest BCUT2D eigenvalue weighted by Gasteiger charge is -2.61. The van der Waals surface area contributed by atoms with Gasteiger partial charge in [-0.1, -0.05) is 32.4 Å². The van der Waals surface area contributed by atoms with Gasteiger partial charge in [-0.25, -0.2) is 21.7 Å². The van der Waals surface area contributed by atoms with Crippen LogP contribution in [0.2, 0.25) is 0 Å². The lowest BCUT2D eigenvalue weighted by atomic mass is 9.47. The smallest absolute Gasteiger partial charge is 0.263 e. The number of hydrogen-bond acceptors (Lipinski definition) is 9. The molecule has 2 bridgehead atoms. The van der Waals surface area contributed by atoms with Crippen LogP contribution >= 0.6 is 0 Å². The average molecular weight is 607 g/mol. The summed E-state index contributed by atoms with van der Waals surface area (Å²) >= 11 is 0. The molecule has 0 amide bonds. The van der Waals surface area contributed by atoms with Crippen molar-refractivity contribution < 1.29 is 31.8 Å². The fourth-order valence-corrected chi connectivity index (χ4v) is 9.35. The number of nitrogens with one attached hydrogen (secondary N) is 2. The van der Waals surface area contributed by atoms with Crippen LogP contribution in [0.15, 0.2) is 61.4 Å². The number of sulfonamides is 2. The Morgan fingerprint density at radius 2 is 1.46 bits per heavy atom. The van der Waals surface area contributed by atoms with Crippen molar-refractivity contribution in [1.82, 2.24) is 9.44 Å². The van der Waals surface area contributed by atoms with Gasteiger partial charge in [0, 0.05) is 11.3 Å². The van der Waals surface area contributed by atoms with Gasteiger partial charge in [0.25, 0.3) is 10.0 Å². The van der Waals surface area contributed by atoms with E-state index in [1.54, 1.807) is 12.1 Å². The van der Waals surface area contributed by atoms with Gasteiger partial charge in [0.2, 0.25) is 10.0 Å². The van der Waals surface area contributed by atoms with Crippen molar-refractivity contribution in [3.05, 3.63) is 52.1 Å². The Hall–Kier alpha value is -2.87. The minimum absolute atomic E-state index is 0.0154. The highest BCUT2D eigenvalue weighted by atomic mass is 32.2. The van der Waals surface area contributed by atoms with E-state index < -0.39 is 30.2 Å². The number of hydrogen-bond donors (Lipinski definition) is 3. The zero-order chi connectivity index (χ0) is 30.4. The van der Waals surface area contributed by atoms with Gasteiger partial charge < -0.3 is 0 Å². The third-order valence-electron chi connectivity index (χ3n) is 8.97. The molecule has 3 N–H and O–H groups in total. The van der Waals surface area contributed by atoms with Crippen molar-refractivity contribution in [2.24, 2.45) is 21.3 Å². The summed E-state index contributed by atoms with van der Waals surface area (Å²) in [7, 11) is -7.43. The quantitative estimate of drug-likeness (QED) is 0.329. The fourth-order valence-electron chi connectivity index (χ4n) is 5.97. The molecule has 41 heavy (non-hydrogen) atoms. The van der Waals surface area contributed by atoms with Crippen LogP contribution in [0.3, 0.4) is 0 Å². The largest absolute Gasteiger partial charge is 0.297 e. The molecule has 2 unspecified atom stereocenters. The molecule has 0 aromatic heterocycles. The van der Waals surface area contributed by atoms with E-state index in [4.69, 9.17) is 5.26 Å².